The second-order valence-electron chi connectivity index (χ2n) is 11.9. The Bertz CT molecular complexity index is 1420. The summed E-state index contributed by atoms with van der Waals surface area (Å²) in [6.07, 6.45) is 4.51. The summed E-state index contributed by atoms with van der Waals surface area (Å²) in [5, 5.41) is 2.53. The highest BCUT2D eigenvalue weighted by Gasteiger charge is 2.33. The zero-order valence-corrected chi connectivity index (χ0v) is 27.7. The first-order valence-corrected chi connectivity index (χ1v) is 16.0. The third-order valence-corrected chi connectivity index (χ3v) is 10.3. The molecule has 0 aromatic heterocycles. The summed E-state index contributed by atoms with van der Waals surface area (Å²) < 4.78 is 0. The van der Waals surface area contributed by atoms with Crippen LogP contribution in [0.15, 0.2) is 84.9 Å². The van der Waals surface area contributed by atoms with Gasteiger partial charge in [-0.3, -0.25) is 0 Å². The Hall–Kier alpha value is -2.04. The highest BCUT2D eigenvalue weighted by Crippen LogP contribution is 2.45. The Kier molecular flexibility index (Phi) is 11.7. The van der Waals surface area contributed by atoms with E-state index >= 15 is 0 Å². The smallest absolute Gasteiger partial charge is 0.0595 e. The van der Waals surface area contributed by atoms with Gasteiger partial charge >= 0.3 is 0 Å². The molecule has 0 fully saturated rings. The lowest BCUT2D eigenvalue weighted by atomic mass is 9.76. The molecule has 2 nitrogen and oxygen atoms in total. The normalized spacial score (nSPS) is 20.9. The Morgan fingerprint density at radius 2 is 0.884 bits per heavy atom. The quantitative estimate of drug-likeness (QED) is 0.216. The molecule has 0 saturated heterocycles. The summed E-state index contributed by atoms with van der Waals surface area (Å²) in [6, 6.07) is 30.4. The molecule has 0 aliphatic heterocycles. The predicted molar refractivity (Wildman–Crippen MR) is 188 cm³/mol. The van der Waals surface area contributed by atoms with Crippen LogP contribution in [0, 0.1) is 0 Å². The van der Waals surface area contributed by atoms with Crippen molar-refractivity contribution in [1.82, 2.24) is 9.80 Å². The van der Waals surface area contributed by atoms with Crippen molar-refractivity contribution in [2.45, 2.75) is 57.0 Å². The van der Waals surface area contributed by atoms with Crippen LogP contribution >= 0.6 is 46.4 Å². The monoisotopic (exact) mass is 654 g/mol. The van der Waals surface area contributed by atoms with Crippen molar-refractivity contribution >= 4 is 46.4 Å². The van der Waals surface area contributed by atoms with E-state index in [4.69, 9.17) is 46.4 Å². The van der Waals surface area contributed by atoms with E-state index in [0.29, 0.717) is 44.0 Å². The summed E-state index contributed by atoms with van der Waals surface area (Å²) in [5.74, 6) is 0.898. The second-order valence-corrected chi connectivity index (χ2v) is 13.5. The Morgan fingerprint density at radius 3 is 1.23 bits per heavy atom. The average molecular weight is 657 g/mol. The van der Waals surface area contributed by atoms with Gasteiger partial charge in [0, 0.05) is 23.9 Å². The minimum absolute atomic E-state index is 0. The molecule has 6 rings (SSSR count). The van der Waals surface area contributed by atoms with Gasteiger partial charge in [0.1, 0.15) is 0 Å². The second kappa shape index (κ2) is 14.8. The van der Waals surface area contributed by atoms with Gasteiger partial charge in [0.2, 0.25) is 0 Å². The van der Waals surface area contributed by atoms with Gasteiger partial charge in [-0.25, -0.2) is 0 Å². The lowest BCUT2D eigenvalue weighted by Crippen LogP contribution is -2.30. The molecule has 4 aromatic rings. The van der Waals surface area contributed by atoms with Crippen LogP contribution in [0.25, 0.3) is 0 Å². The van der Waals surface area contributed by atoms with Crippen LogP contribution in [0.3, 0.4) is 0 Å². The SMILES string of the molecule is C.CN(C)[C@@H]1c2ccccc2CC[C@@H]1c1ccc(Cl)c(Cl)c1.CN(C)[C@H]1c2ccccc2CC[C@H]1c1ccc(Cl)c(Cl)c1. The van der Waals surface area contributed by atoms with Crippen molar-refractivity contribution in [3.63, 3.8) is 0 Å². The summed E-state index contributed by atoms with van der Waals surface area (Å²) in [7, 11) is 8.60. The first-order valence-electron chi connectivity index (χ1n) is 14.5. The zero-order valence-electron chi connectivity index (χ0n) is 24.6. The summed E-state index contributed by atoms with van der Waals surface area (Å²) in [5.41, 5.74) is 8.35. The van der Waals surface area contributed by atoms with Gasteiger partial charge in [0.05, 0.1) is 20.1 Å². The molecule has 0 spiro atoms. The number of hydrogen-bond acceptors (Lipinski definition) is 2. The van der Waals surface area contributed by atoms with Crippen molar-refractivity contribution in [2.75, 3.05) is 28.2 Å². The summed E-state index contributed by atoms with van der Waals surface area (Å²) in [6.45, 7) is 0. The predicted octanol–water partition coefficient (Wildman–Crippen LogP) is 11.3. The summed E-state index contributed by atoms with van der Waals surface area (Å²) >= 11 is 24.5. The van der Waals surface area contributed by atoms with Gasteiger partial charge in [-0.15, -0.1) is 0 Å². The Labute approximate surface area is 278 Å². The Morgan fingerprint density at radius 1 is 0.512 bits per heavy atom. The molecule has 43 heavy (non-hydrogen) atoms. The lowest BCUT2D eigenvalue weighted by molar-refractivity contribution is 0.237. The van der Waals surface area contributed by atoms with E-state index in [1.807, 2.05) is 24.3 Å². The first-order chi connectivity index (χ1) is 20.2. The van der Waals surface area contributed by atoms with Gasteiger partial charge in [-0.2, -0.15) is 0 Å². The molecule has 0 bridgehead atoms. The molecule has 228 valence electrons. The van der Waals surface area contributed by atoms with Gasteiger partial charge in [-0.05, 0) is 112 Å². The number of nitrogens with zero attached hydrogens (tertiary/aromatic N) is 2. The number of rotatable bonds is 4. The number of hydrogen-bond donors (Lipinski definition) is 0. The van der Waals surface area contributed by atoms with Crippen LogP contribution < -0.4 is 0 Å². The average Bonchev–Trinajstić information content (AvgIpc) is 2.99. The van der Waals surface area contributed by atoms with E-state index in [2.05, 4.69) is 98.7 Å². The number of fused-ring (bicyclic) bond motifs is 2. The van der Waals surface area contributed by atoms with Gasteiger partial charge in [0.15, 0.2) is 0 Å². The maximum Gasteiger partial charge on any atom is 0.0595 e. The fraction of sp³-hybridized carbons (Fsp3) is 0.351. The van der Waals surface area contributed by atoms with Crippen LogP contribution in [-0.4, -0.2) is 38.0 Å². The molecule has 0 heterocycles. The molecule has 4 aromatic carbocycles. The number of halogens is 4. The van der Waals surface area contributed by atoms with Gasteiger partial charge < -0.3 is 9.80 Å². The maximum absolute atomic E-state index is 6.22. The molecule has 2 aliphatic rings. The third-order valence-electron chi connectivity index (χ3n) is 8.82. The van der Waals surface area contributed by atoms with Crippen LogP contribution in [0.2, 0.25) is 20.1 Å². The van der Waals surface area contributed by atoms with E-state index in [1.54, 1.807) is 0 Å². The van der Waals surface area contributed by atoms with Crippen LogP contribution in [0.5, 0.6) is 0 Å². The van der Waals surface area contributed by atoms with E-state index in [-0.39, 0.29) is 7.43 Å². The highest BCUT2D eigenvalue weighted by molar-refractivity contribution is 6.42. The maximum atomic E-state index is 6.22. The van der Waals surface area contributed by atoms with Crippen molar-refractivity contribution in [3.8, 4) is 0 Å². The highest BCUT2D eigenvalue weighted by atomic mass is 35.5. The van der Waals surface area contributed by atoms with Gasteiger partial charge in [0.25, 0.3) is 0 Å². The number of aryl methyl sites for hydroxylation is 2. The van der Waals surface area contributed by atoms with Crippen molar-refractivity contribution in [3.05, 3.63) is 138 Å². The zero-order chi connectivity index (χ0) is 30.0. The minimum atomic E-state index is 0. The summed E-state index contributed by atoms with van der Waals surface area (Å²) in [4.78, 5) is 4.62. The van der Waals surface area contributed by atoms with E-state index in [1.165, 1.54) is 33.4 Å². The van der Waals surface area contributed by atoms with E-state index < -0.39 is 0 Å². The fourth-order valence-corrected chi connectivity index (χ4v) is 7.55. The van der Waals surface area contributed by atoms with Gasteiger partial charge in [-0.1, -0.05) is 114 Å². The van der Waals surface area contributed by atoms with Crippen LogP contribution in [-0.2, 0) is 12.8 Å². The largest absolute Gasteiger partial charge is 0.302 e. The van der Waals surface area contributed by atoms with E-state index in [9.17, 15) is 0 Å². The van der Waals surface area contributed by atoms with Crippen LogP contribution in [0.4, 0.5) is 0 Å². The topological polar surface area (TPSA) is 6.48 Å². The standard InChI is InChI=1S/2C18H19Cl2N.CH4/c2*1-21(2)18-14-6-4-3-5-12(14)7-9-15(18)13-8-10-16(19)17(20)11-13;/h2*3-6,8,10-11,15,18H,7,9H2,1-2H3;1H4/t2*15-,18-;/m10./s1. The molecule has 4 atom stereocenters. The number of likely N-dealkylation sites (N-methyl/N-ethyl adjacent to an activating group) is 2. The molecule has 2 aliphatic carbocycles. The first kappa shape index (κ1) is 33.8. The van der Waals surface area contributed by atoms with Crippen molar-refractivity contribution < 1.29 is 0 Å². The Balaban J connectivity index is 0.000000192. The third kappa shape index (κ3) is 7.44. The molecule has 0 radical (unpaired) electrons. The fourth-order valence-electron chi connectivity index (χ4n) is 6.93. The molecule has 0 N–H and O–H groups in total. The minimum Gasteiger partial charge on any atom is -0.302 e. The number of benzene rings is 4. The molecule has 0 saturated carbocycles. The molecule has 6 heteroatoms. The van der Waals surface area contributed by atoms with E-state index in [0.717, 1.165) is 25.7 Å². The van der Waals surface area contributed by atoms with Crippen molar-refractivity contribution in [1.29, 1.82) is 0 Å². The molecular formula is C37H42Cl4N2. The van der Waals surface area contributed by atoms with Crippen LogP contribution in [0.1, 0.15) is 77.6 Å². The molecular weight excluding hydrogens is 614 g/mol. The lowest BCUT2D eigenvalue weighted by Gasteiger charge is -2.38. The molecule has 0 amide bonds. The molecule has 0 unspecified atom stereocenters. The van der Waals surface area contributed by atoms with Crippen molar-refractivity contribution in [2.24, 2.45) is 0 Å².